The maximum Gasteiger partial charge on any atom is 0.191 e. The number of nitrogens with zero attached hydrogens (tertiary/aromatic N) is 3. The van der Waals surface area contributed by atoms with Crippen LogP contribution in [0, 0.1) is 0 Å². The van der Waals surface area contributed by atoms with E-state index in [9.17, 15) is 0 Å². The van der Waals surface area contributed by atoms with Crippen molar-refractivity contribution in [3.05, 3.63) is 59.9 Å². The molecule has 0 spiro atoms. The van der Waals surface area contributed by atoms with Crippen molar-refractivity contribution < 1.29 is 9.47 Å². The molecule has 1 aliphatic heterocycles. The van der Waals surface area contributed by atoms with Crippen LogP contribution in [0.15, 0.2) is 53.7 Å². The number of pyridine rings is 1. The summed E-state index contributed by atoms with van der Waals surface area (Å²) >= 11 is 0. The van der Waals surface area contributed by atoms with Crippen molar-refractivity contribution in [1.29, 1.82) is 0 Å². The van der Waals surface area contributed by atoms with E-state index in [0.29, 0.717) is 13.2 Å². The van der Waals surface area contributed by atoms with Crippen LogP contribution in [0.1, 0.15) is 11.3 Å². The molecule has 1 saturated heterocycles. The summed E-state index contributed by atoms with van der Waals surface area (Å²) in [6.07, 6.45) is 1.77. The van der Waals surface area contributed by atoms with E-state index < -0.39 is 0 Å². The van der Waals surface area contributed by atoms with E-state index in [1.165, 1.54) is 5.56 Å². The fraction of sp³-hybridized carbons (Fsp3) is 0.429. The third-order valence-corrected chi connectivity index (χ3v) is 4.54. The lowest BCUT2D eigenvalue weighted by atomic mass is 10.2. The lowest BCUT2D eigenvalue weighted by Crippen LogP contribution is -2.44. The van der Waals surface area contributed by atoms with E-state index >= 15 is 0 Å². The summed E-state index contributed by atoms with van der Waals surface area (Å²) in [4.78, 5) is 10.9. The summed E-state index contributed by atoms with van der Waals surface area (Å²) in [6, 6.07) is 13.9. The second-order valence-electron chi connectivity index (χ2n) is 6.56. The molecule has 0 radical (unpaired) electrons. The number of rotatable bonds is 8. The molecule has 1 aromatic heterocycles. The molecule has 0 amide bonds. The number of morpholine rings is 1. The quantitative estimate of drug-likeness (QED) is 0.534. The number of aliphatic imine (C=N–C) groups is 1. The van der Waals surface area contributed by atoms with Gasteiger partial charge in [-0.2, -0.15) is 0 Å². The van der Waals surface area contributed by atoms with Gasteiger partial charge in [-0.25, -0.2) is 0 Å². The molecule has 0 bridgehead atoms. The third-order valence-electron chi connectivity index (χ3n) is 4.54. The van der Waals surface area contributed by atoms with Gasteiger partial charge in [-0.15, -0.1) is 0 Å². The maximum absolute atomic E-state index is 5.77. The van der Waals surface area contributed by atoms with Crippen LogP contribution in [0.25, 0.3) is 0 Å². The second-order valence-corrected chi connectivity index (χ2v) is 6.56. The number of guanidine groups is 1. The zero-order chi connectivity index (χ0) is 19.4. The van der Waals surface area contributed by atoms with Crippen LogP contribution in [0.4, 0.5) is 0 Å². The number of hydrogen-bond acceptors (Lipinski definition) is 5. The molecule has 1 aliphatic rings. The molecule has 2 N–H and O–H groups in total. The second kappa shape index (κ2) is 11.3. The van der Waals surface area contributed by atoms with Crippen molar-refractivity contribution in [3.8, 4) is 5.75 Å². The van der Waals surface area contributed by atoms with Crippen LogP contribution >= 0.6 is 0 Å². The minimum atomic E-state index is 0.470. The zero-order valence-corrected chi connectivity index (χ0v) is 16.4. The minimum Gasteiger partial charge on any atom is -0.487 e. The molecule has 0 saturated carbocycles. The Morgan fingerprint density at radius 1 is 1.14 bits per heavy atom. The lowest BCUT2D eigenvalue weighted by molar-refractivity contribution is 0.0389. The molecule has 0 atom stereocenters. The first kappa shape index (κ1) is 20.1. The van der Waals surface area contributed by atoms with Crippen molar-refractivity contribution in [3.63, 3.8) is 0 Å². The molecule has 1 fully saturated rings. The van der Waals surface area contributed by atoms with E-state index in [0.717, 1.165) is 56.8 Å². The Balaban J connectivity index is 1.36. The van der Waals surface area contributed by atoms with Gasteiger partial charge in [0.1, 0.15) is 12.4 Å². The van der Waals surface area contributed by atoms with Crippen molar-refractivity contribution in [1.82, 2.24) is 20.5 Å². The number of nitrogens with one attached hydrogen (secondary N) is 2. The molecule has 2 heterocycles. The van der Waals surface area contributed by atoms with Crippen LogP contribution in [0.3, 0.4) is 0 Å². The predicted molar refractivity (Wildman–Crippen MR) is 110 cm³/mol. The van der Waals surface area contributed by atoms with Gasteiger partial charge in [-0.3, -0.25) is 14.9 Å². The van der Waals surface area contributed by atoms with E-state index in [2.05, 4.69) is 37.6 Å². The first-order chi connectivity index (χ1) is 13.8. The Hall–Kier alpha value is -2.64. The van der Waals surface area contributed by atoms with Crippen LogP contribution < -0.4 is 15.4 Å². The van der Waals surface area contributed by atoms with Gasteiger partial charge in [-0.05, 0) is 29.8 Å². The fourth-order valence-electron chi connectivity index (χ4n) is 2.91. The van der Waals surface area contributed by atoms with Gasteiger partial charge in [0.25, 0.3) is 0 Å². The maximum atomic E-state index is 5.77. The first-order valence-corrected chi connectivity index (χ1v) is 9.70. The van der Waals surface area contributed by atoms with Crippen molar-refractivity contribution in [2.24, 2.45) is 4.99 Å². The standard InChI is InChI=1S/C21H29N5O2/c1-22-21(24-10-11-26-12-14-27-15-13-26)25-16-18-5-7-20(8-6-18)28-17-19-4-2-3-9-23-19/h2-9H,10-17H2,1H3,(H2,22,24,25). The Kier molecular flexibility index (Phi) is 8.08. The predicted octanol–water partition coefficient (Wildman–Crippen LogP) is 1.66. The summed E-state index contributed by atoms with van der Waals surface area (Å²) in [5, 5.41) is 6.71. The third kappa shape index (κ3) is 6.83. The van der Waals surface area contributed by atoms with E-state index in [1.807, 2.05) is 30.3 Å². The summed E-state index contributed by atoms with van der Waals surface area (Å²) in [6.45, 7) is 6.69. The largest absolute Gasteiger partial charge is 0.487 e. The Morgan fingerprint density at radius 3 is 2.68 bits per heavy atom. The highest BCUT2D eigenvalue weighted by atomic mass is 16.5. The van der Waals surface area contributed by atoms with Crippen molar-refractivity contribution in [2.45, 2.75) is 13.2 Å². The minimum absolute atomic E-state index is 0.470. The van der Waals surface area contributed by atoms with Crippen LogP contribution in [-0.4, -0.2) is 62.3 Å². The molecule has 7 nitrogen and oxygen atoms in total. The van der Waals surface area contributed by atoms with Crippen LogP contribution in [0.5, 0.6) is 5.75 Å². The van der Waals surface area contributed by atoms with E-state index in [4.69, 9.17) is 9.47 Å². The number of ether oxygens (including phenoxy) is 2. The first-order valence-electron chi connectivity index (χ1n) is 9.70. The molecule has 3 rings (SSSR count). The summed E-state index contributed by atoms with van der Waals surface area (Å²) < 4.78 is 11.1. The molecular formula is C21H29N5O2. The van der Waals surface area contributed by atoms with Gasteiger partial charge in [-0.1, -0.05) is 18.2 Å². The molecule has 150 valence electrons. The fourth-order valence-corrected chi connectivity index (χ4v) is 2.91. The molecule has 1 aromatic carbocycles. The Morgan fingerprint density at radius 2 is 1.96 bits per heavy atom. The summed E-state index contributed by atoms with van der Waals surface area (Å²) in [5.74, 6) is 1.64. The molecular weight excluding hydrogens is 354 g/mol. The van der Waals surface area contributed by atoms with Gasteiger partial charge in [0.15, 0.2) is 5.96 Å². The van der Waals surface area contributed by atoms with E-state index in [1.54, 1.807) is 13.2 Å². The highest BCUT2D eigenvalue weighted by Gasteiger charge is 2.09. The smallest absolute Gasteiger partial charge is 0.191 e. The monoisotopic (exact) mass is 383 g/mol. The Bertz CT molecular complexity index is 715. The zero-order valence-electron chi connectivity index (χ0n) is 16.4. The molecule has 7 heteroatoms. The normalized spacial score (nSPS) is 15.2. The van der Waals surface area contributed by atoms with Gasteiger partial charge in [0.05, 0.1) is 18.9 Å². The van der Waals surface area contributed by atoms with Crippen molar-refractivity contribution >= 4 is 5.96 Å². The Labute approximate surface area is 166 Å². The lowest BCUT2D eigenvalue weighted by Gasteiger charge is -2.26. The van der Waals surface area contributed by atoms with E-state index in [-0.39, 0.29) is 0 Å². The highest BCUT2D eigenvalue weighted by molar-refractivity contribution is 5.79. The summed E-state index contributed by atoms with van der Waals surface area (Å²) in [5.41, 5.74) is 2.08. The number of hydrogen-bond donors (Lipinski definition) is 2. The topological polar surface area (TPSA) is 71.0 Å². The molecule has 2 aromatic rings. The number of benzene rings is 1. The van der Waals surface area contributed by atoms with Crippen LogP contribution in [0.2, 0.25) is 0 Å². The van der Waals surface area contributed by atoms with Gasteiger partial charge < -0.3 is 20.1 Å². The molecule has 0 unspecified atom stereocenters. The van der Waals surface area contributed by atoms with Gasteiger partial charge in [0.2, 0.25) is 0 Å². The van der Waals surface area contributed by atoms with Gasteiger partial charge in [0, 0.05) is 46.0 Å². The van der Waals surface area contributed by atoms with Gasteiger partial charge >= 0.3 is 0 Å². The highest BCUT2D eigenvalue weighted by Crippen LogP contribution is 2.13. The average molecular weight is 383 g/mol. The SMILES string of the molecule is CN=C(NCCN1CCOCC1)NCc1ccc(OCc2ccccn2)cc1. The van der Waals surface area contributed by atoms with Crippen LogP contribution in [-0.2, 0) is 17.9 Å². The molecule has 28 heavy (non-hydrogen) atoms. The number of aromatic nitrogens is 1. The summed E-state index contributed by atoms with van der Waals surface area (Å²) in [7, 11) is 1.79. The average Bonchev–Trinajstić information content (AvgIpc) is 2.77. The molecule has 0 aliphatic carbocycles. The van der Waals surface area contributed by atoms with Crippen molar-refractivity contribution in [2.75, 3.05) is 46.4 Å².